The molecule has 1 heterocycles. The SMILES string of the molecule is CCOP(=O)(c1ccccc1)c1ccc(Nc2cc(Oc3ccc(N)c4ccccc34)ccn2)cc1OC. The monoisotopic (exact) mass is 525 g/mol. The van der Waals surface area contributed by atoms with E-state index in [9.17, 15) is 4.57 Å². The number of hydrogen-bond donors (Lipinski definition) is 2. The second-order valence-corrected chi connectivity index (χ2v) is 10.9. The fraction of sp³-hybridized carbons (Fsp3) is 0.100. The molecule has 0 radical (unpaired) electrons. The van der Waals surface area contributed by atoms with Crippen LogP contribution in [0.5, 0.6) is 17.2 Å². The van der Waals surface area contributed by atoms with Crippen molar-refractivity contribution in [1.29, 1.82) is 0 Å². The van der Waals surface area contributed by atoms with E-state index in [0.717, 1.165) is 10.8 Å². The summed E-state index contributed by atoms with van der Waals surface area (Å²) in [6.07, 6.45) is 1.67. The number of nitrogen functional groups attached to an aromatic ring is 1. The van der Waals surface area contributed by atoms with Crippen molar-refractivity contribution in [2.24, 2.45) is 0 Å². The van der Waals surface area contributed by atoms with Crippen molar-refractivity contribution >= 4 is 45.9 Å². The van der Waals surface area contributed by atoms with Crippen molar-refractivity contribution in [3.8, 4) is 17.2 Å². The number of anilines is 3. The van der Waals surface area contributed by atoms with E-state index < -0.39 is 7.37 Å². The molecule has 0 aliphatic carbocycles. The summed E-state index contributed by atoms with van der Waals surface area (Å²) in [6.45, 7) is 2.13. The fourth-order valence-corrected chi connectivity index (χ4v) is 6.50. The van der Waals surface area contributed by atoms with Gasteiger partial charge in [-0.1, -0.05) is 42.5 Å². The summed E-state index contributed by atoms with van der Waals surface area (Å²) in [4.78, 5) is 4.43. The van der Waals surface area contributed by atoms with E-state index in [0.29, 0.717) is 51.7 Å². The van der Waals surface area contributed by atoms with Crippen LogP contribution in [-0.2, 0) is 9.09 Å². The minimum atomic E-state index is -3.35. The van der Waals surface area contributed by atoms with Gasteiger partial charge in [0.25, 0.3) is 7.37 Å². The Labute approximate surface area is 221 Å². The highest BCUT2D eigenvalue weighted by atomic mass is 31.2. The van der Waals surface area contributed by atoms with Crippen LogP contribution in [0, 0.1) is 0 Å². The molecule has 1 aromatic heterocycles. The van der Waals surface area contributed by atoms with E-state index in [1.807, 2.05) is 79.7 Å². The van der Waals surface area contributed by atoms with Crippen LogP contribution in [0.4, 0.5) is 17.2 Å². The van der Waals surface area contributed by atoms with Crippen LogP contribution in [0.3, 0.4) is 0 Å². The van der Waals surface area contributed by atoms with Gasteiger partial charge in [-0.25, -0.2) is 4.98 Å². The third-order valence-corrected chi connectivity index (χ3v) is 8.66. The fourth-order valence-electron chi connectivity index (χ4n) is 4.29. The predicted octanol–water partition coefficient (Wildman–Crippen LogP) is 6.63. The first-order valence-electron chi connectivity index (χ1n) is 12.2. The summed E-state index contributed by atoms with van der Waals surface area (Å²) in [5, 5.41) is 6.25. The van der Waals surface area contributed by atoms with Crippen LogP contribution in [0.15, 0.2) is 103 Å². The Morgan fingerprint density at radius 3 is 2.39 bits per heavy atom. The number of fused-ring (bicyclic) bond motifs is 1. The third-order valence-electron chi connectivity index (χ3n) is 6.05. The normalized spacial score (nSPS) is 12.6. The van der Waals surface area contributed by atoms with Crippen LogP contribution >= 0.6 is 7.37 Å². The predicted molar refractivity (Wildman–Crippen MR) is 154 cm³/mol. The van der Waals surface area contributed by atoms with Crippen molar-refractivity contribution in [2.75, 3.05) is 24.8 Å². The number of nitrogens with two attached hydrogens (primary N) is 1. The highest BCUT2D eigenvalue weighted by molar-refractivity contribution is 7.74. The number of ether oxygens (including phenoxy) is 2. The summed E-state index contributed by atoms with van der Waals surface area (Å²) < 4.78 is 31.7. The first-order chi connectivity index (χ1) is 18.5. The molecule has 192 valence electrons. The number of pyridine rings is 1. The second-order valence-electron chi connectivity index (χ2n) is 8.49. The van der Waals surface area contributed by atoms with E-state index in [-0.39, 0.29) is 0 Å². The maximum atomic E-state index is 14.0. The van der Waals surface area contributed by atoms with Gasteiger partial charge in [-0.3, -0.25) is 4.57 Å². The zero-order valence-electron chi connectivity index (χ0n) is 21.1. The molecular weight excluding hydrogens is 497 g/mol. The Hall–Kier alpha value is -4.32. The summed E-state index contributed by atoms with van der Waals surface area (Å²) in [7, 11) is -1.80. The van der Waals surface area contributed by atoms with Crippen LogP contribution < -0.4 is 31.1 Å². The second kappa shape index (κ2) is 11.0. The molecule has 5 aromatic rings. The summed E-state index contributed by atoms with van der Waals surface area (Å²) in [5.41, 5.74) is 7.54. The smallest absolute Gasteiger partial charge is 0.264 e. The van der Waals surface area contributed by atoms with Crippen LogP contribution in [0.1, 0.15) is 6.92 Å². The van der Waals surface area contributed by atoms with E-state index >= 15 is 0 Å². The number of nitrogens with zero attached hydrogens (tertiary/aromatic N) is 1. The van der Waals surface area contributed by atoms with Crippen molar-refractivity contribution in [1.82, 2.24) is 4.98 Å². The van der Waals surface area contributed by atoms with E-state index in [1.165, 1.54) is 0 Å². The lowest BCUT2D eigenvalue weighted by Gasteiger charge is -2.21. The first kappa shape index (κ1) is 25.3. The molecule has 8 heteroatoms. The molecule has 0 aliphatic rings. The van der Waals surface area contributed by atoms with Gasteiger partial charge in [-0.05, 0) is 49.4 Å². The van der Waals surface area contributed by atoms with Gasteiger partial charge >= 0.3 is 0 Å². The number of hydrogen-bond acceptors (Lipinski definition) is 7. The minimum Gasteiger partial charge on any atom is -0.496 e. The number of rotatable bonds is 9. The summed E-state index contributed by atoms with van der Waals surface area (Å²) in [6, 6.07) is 29.7. The molecule has 0 bridgehead atoms. The van der Waals surface area contributed by atoms with Crippen LogP contribution in [0.25, 0.3) is 10.8 Å². The molecule has 0 aliphatic heterocycles. The lowest BCUT2D eigenvalue weighted by Crippen LogP contribution is -2.20. The molecule has 0 spiro atoms. The lowest BCUT2D eigenvalue weighted by molar-refractivity contribution is 0.346. The van der Waals surface area contributed by atoms with Gasteiger partial charge in [-0.2, -0.15) is 0 Å². The Morgan fingerprint density at radius 2 is 1.63 bits per heavy atom. The van der Waals surface area contributed by atoms with E-state index in [2.05, 4.69) is 10.3 Å². The largest absolute Gasteiger partial charge is 0.496 e. The van der Waals surface area contributed by atoms with Crippen molar-refractivity contribution in [3.63, 3.8) is 0 Å². The Kier molecular flexibility index (Phi) is 7.31. The number of nitrogens with one attached hydrogen (secondary N) is 1. The Morgan fingerprint density at radius 1 is 0.868 bits per heavy atom. The number of methoxy groups -OCH3 is 1. The molecule has 7 nitrogen and oxygen atoms in total. The van der Waals surface area contributed by atoms with Crippen LogP contribution in [0.2, 0.25) is 0 Å². The molecule has 4 aromatic carbocycles. The average Bonchev–Trinajstić information content (AvgIpc) is 2.95. The quantitative estimate of drug-likeness (QED) is 0.165. The highest BCUT2D eigenvalue weighted by Crippen LogP contribution is 2.47. The molecule has 0 amide bonds. The average molecular weight is 526 g/mol. The van der Waals surface area contributed by atoms with Gasteiger partial charge in [0.1, 0.15) is 23.1 Å². The molecule has 0 saturated heterocycles. The summed E-state index contributed by atoms with van der Waals surface area (Å²) >= 11 is 0. The third kappa shape index (κ3) is 5.07. The van der Waals surface area contributed by atoms with E-state index in [4.69, 9.17) is 19.7 Å². The van der Waals surface area contributed by atoms with E-state index in [1.54, 1.807) is 37.6 Å². The van der Waals surface area contributed by atoms with Crippen LogP contribution in [-0.4, -0.2) is 18.7 Å². The molecule has 38 heavy (non-hydrogen) atoms. The van der Waals surface area contributed by atoms with Gasteiger partial charge in [0.15, 0.2) is 0 Å². The minimum absolute atomic E-state index is 0.301. The number of aromatic nitrogens is 1. The highest BCUT2D eigenvalue weighted by Gasteiger charge is 2.31. The van der Waals surface area contributed by atoms with Gasteiger partial charge in [-0.15, -0.1) is 0 Å². The molecule has 1 atom stereocenters. The molecule has 5 rings (SSSR count). The molecule has 0 fully saturated rings. The molecule has 1 unspecified atom stereocenters. The van der Waals surface area contributed by atoms with Gasteiger partial charge in [0.2, 0.25) is 0 Å². The maximum absolute atomic E-state index is 14.0. The maximum Gasteiger partial charge on any atom is 0.264 e. The topological polar surface area (TPSA) is 95.7 Å². The van der Waals surface area contributed by atoms with Crippen molar-refractivity contribution in [2.45, 2.75) is 6.92 Å². The van der Waals surface area contributed by atoms with Gasteiger partial charge in [0.05, 0.1) is 19.0 Å². The van der Waals surface area contributed by atoms with Gasteiger partial charge < -0.3 is 25.0 Å². The lowest BCUT2D eigenvalue weighted by atomic mass is 10.1. The standard InChI is InChI=1S/C30H28N3O4P/c1-3-36-38(34,23-9-5-4-6-10-23)29-16-13-21(19-28(29)35-2)33-30-20-22(17-18-32-30)37-27-15-14-26(31)24-11-7-8-12-25(24)27/h4-20H,3,31H2,1-2H3,(H,32,33). The Balaban J connectivity index is 1.42. The zero-order chi connectivity index (χ0) is 26.5. The summed E-state index contributed by atoms with van der Waals surface area (Å²) in [5.74, 6) is 2.35. The Bertz CT molecular complexity index is 1630. The zero-order valence-corrected chi connectivity index (χ0v) is 22.0. The van der Waals surface area contributed by atoms with Gasteiger partial charge in [0, 0.05) is 45.8 Å². The van der Waals surface area contributed by atoms with Crippen molar-refractivity contribution < 1.29 is 18.6 Å². The van der Waals surface area contributed by atoms with Crippen molar-refractivity contribution in [3.05, 3.63) is 103 Å². The number of benzene rings is 4. The first-order valence-corrected chi connectivity index (χ1v) is 13.8. The molecule has 3 N–H and O–H groups in total. The molecule has 0 saturated carbocycles. The molecular formula is C30H28N3O4P.